The molecule has 0 unspecified atom stereocenters. The highest BCUT2D eigenvalue weighted by Crippen LogP contribution is 2.25. The standard InChI is InChI=1S/C19H19N3O4/c1-3-26-14-5-6-15-13(9-14)10-16(21-15)19(24)22-20-11-12-4-7-18(25-2)17(23)8-12/h4-11,21,23H,3H2,1-2H3,(H,22,24)/b20-11+. The minimum atomic E-state index is -0.367. The minimum absolute atomic E-state index is 0.00324. The predicted octanol–water partition coefficient (Wildman–Crippen LogP) is 3.04. The molecule has 0 bridgehead atoms. The average molecular weight is 353 g/mol. The first-order valence-electron chi connectivity index (χ1n) is 8.06. The van der Waals surface area contributed by atoms with Crippen molar-refractivity contribution in [3.63, 3.8) is 0 Å². The first kappa shape index (κ1) is 17.3. The molecule has 26 heavy (non-hydrogen) atoms. The SMILES string of the molecule is CCOc1ccc2[nH]c(C(=O)N/N=C/c3ccc(OC)c(O)c3)cc2c1. The number of phenols is 1. The van der Waals surface area contributed by atoms with Gasteiger partial charge in [-0.2, -0.15) is 5.10 Å². The maximum Gasteiger partial charge on any atom is 0.287 e. The van der Waals surface area contributed by atoms with Crippen molar-refractivity contribution in [2.75, 3.05) is 13.7 Å². The summed E-state index contributed by atoms with van der Waals surface area (Å²) >= 11 is 0. The quantitative estimate of drug-likeness (QED) is 0.469. The van der Waals surface area contributed by atoms with E-state index in [2.05, 4.69) is 15.5 Å². The van der Waals surface area contributed by atoms with E-state index < -0.39 is 0 Å². The highest BCUT2D eigenvalue weighted by molar-refractivity contribution is 5.98. The number of hydrogen-bond acceptors (Lipinski definition) is 5. The number of aromatic hydroxyl groups is 1. The van der Waals surface area contributed by atoms with Crippen molar-refractivity contribution in [1.82, 2.24) is 10.4 Å². The summed E-state index contributed by atoms with van der Waals surface area (Å²) in [7, 11) is 1.47. The fourth-order valence-corrected chi connectivity index (χ4v) is 2.50. The third kappa shape index (κ3) is 3.77. The van der Waals surface area contributed by atoms with Crippen LogP contribution in [0.4, 0.5) is 0 Å². The minimum Gasteiger partial charge on any atom is -0.504 e. The van der Waals surface area contributed by atoms with E-state index in [0.29, 0.717) is 23.6 Å². The van der Waals surface area contributed by atoms with Gasteiger partial charge in [0.2, 0.25) is 0 Å². The Labute approximate surface area is 150 Å². The highest BCUT2D eigenvalue weighted by atomic mass is 16.5. The largest absolute Gasteiger partial charge is 0.504 e. The summed E-state index contributed by atoms with van der Waals surface area (Å²) in [5, 5.41) is 14.5. The van der Waals surface area contributed by atoms with Crippen LogP contribution in [0, 0.1) is 0 Å². The number of methoxy groups -OCH3 is 1. The monoisotopic (exact) mass is 353 g/mol. The first-order valence-corrected chi connectivity index (χ1v) is 8.06. The maximum atomic E-state index is 12.2. The number of carbonyl (C=O) groups is 1. The number of carbonyl (C=O) groups excluding carboxylic acids is 1. The molecule has 0 aliphatic rings. The van der Waals surface area contributed by atoms with Crippen molar-refractivity contribution in [3.8, 4) is 17.2 Å². The lowest BCUT2D eigenvalue weighted by molar-refractivity contribution is 0.0951. The van der Waals surface area contributed by atoms with E-state index in [1.807, 2.05) is 25.1 Å². The molecule has 1 heterocycles. The predicted molar refractivity (Wildman–Crippen MR) is 99.2 cm³/mol. The van der Waals surface area contributed by atoms with Crippen LogP contribution in [0.1, 0.15) is 23.0 Å². The number of aromatic amines is 1. The number of ether oxygens (including phenoxy) is 2. The number of nitrogens with one attached hydrogen (secondary N) is 2. The van der Waals surface area contributed by atoms with Crippen molar-refractivity contribution in [3.05, 3.63) is 53.7 Å². The lowest BCUT2D eigenvalue weighted by Crippen LogP contribution is -2.17. The van der Waals surface area contributed by atoms with E-state index >= 15 is 0 Å². The fraction of sp³-hybridized carbons (Fsp3) is 0.158. The number of hydrogen-bond donors (Lipinski definition) is 3. The second-order valence-corrected chi connectivity index (χ2v) is 5.50. The van der Waals surface area contributed by atoms with Gasteiger partial charge in [0.1, 0.15) is 11.4 Å². The van der Waals surface area contributed by atoms with Crippen LogP contribution in [-0.2, 0) is 0 Å². The van der Waals surface area contributed by atoms with E-state index in [0.717, 1.165) is 16.7 Å². The Morgan fingerprint density at radius 1 is 1.27 bits per heavy atom. The van der Waals surface area contributed by atoms with Crippen molar-refractivity contribution in [2.45, 2.75) is 6.92 Å². The molecule has 1 amide bonds. The van der Waals surface area contributed by atoms with Crippen LogP contribution in [0.2, 0.25) is 0 Å². The number of hydrazone groups is 1. The Kier molecular flexibility index (Phi) is 5.07. The molecule has 2 aromatic carbocycles. The van der Waals surface area contributed by atoms with E-state index in [1.54, 1.807) is 18.2 Å². The first-order chi connectivity index (χ1) is 12.6. The van der Waals surface area contributed by atoms with Crippen LogP contribution in [0.15, 0.2) is 47.6 Å². The normalized spacial score (nSPS) is 11.0. The van der Waals surface area contributed by atoms with Gasteiger partial charge in [0.25, 0.3) is 5.91 Å². The molecule has 0 aliphatic heterocycles. The van der Waals surface area contributed by atoms with Crippen LogP contribution in [-0.4, -0.2) is 35.9 Å². The summed E-state index contributed by atoms with van der Waals surface area (Å²) in [6.07, 6.45) is 1.44. The van der Waals surface area contributed by atoms with Gasteiger partial charge in [-0.15, -0.1) is 0 Å². The zero-order valence-electron chi connectivity index (χ0n) is 14.4. The molecule has 0 fully saturated rings. The lowest BCUT2D eigenvalue weighted by Gasteiger charge is -2.03. The van der Waals surface area contributed by atoms with E-state index in [-0.39, 0.29) is 11.7 Å². The highest BCUT2D eigenvalue weighted by Gasteiger charge is 2.09. The zero-order chi connectivity index (χ0) is 18.5. The Balaban J connectivity index is 1.69. The molecule has 0 radical (unpaired) electrons. The lowest BCUT2D eigenvalue weighted by atomic mass is 10.2. The summed E-state index contributed by atoms with van der Waals surface area (Å²) in [6, 6.07) is 12.1. The van der Waals surface area contributed by atoms with Gasteiger partial charge in [0.05, 0.1) is 19.9 Å². The van der Waals surface area contributed by atoms with Gasteiger partial charge >= 0.3 is 0 Å². The number of benzene rings is 2. The summed E-state index contributed by atoms with van der Waals surface area (Å²) in [5.41, 5.74) is 4.31. The summed E-state index contributed by atoms with van der Waals surface area (Å²) < 4.78 is 10.4. The van der Waals surface area contributed by atoms with Gasteiger partial charge in [-0.1, -0.05) is 0 Å². The topological polar surface area (TPSA) is 95.9 Å². The number of phenolic OH excluding ortho intramolecular Hbond substituents is 1. The molecule has 7 nitrogen and oxygen atoms in total. The van der Waals surface area contributed by atoms with Crippen molar-refractivity contribution in [2.24, 2.45) is 5.10 Å². The van der Waals surface area contributed by atoms with Gasteiger partial charge in [-0.3, -0.25) is 4.79 Å². The Bertz CT molecular complexity index is 963. The molecule has 0 aliphatic carbocycles. The van der Waals surface area contributed by atoms with E-state index in [9.17, 15) is 9.90 Å². The van der Waals surface area contributed by atoms with Gasteiger partial charge in [0.15, 0.2) is 11.5 Å². The van der Waals surface area contributed by atoms with E-state index in [4.69, 9.17) is 9.47 Å². The van der Waals surface area contributed by atoms with Crippen LogP contribution in [0.3, 0.4) is 0 Å². The number of rotatable bonds is 6. The molecule has 1 aromatic heterocycles. The second kappa shape index (κ2) is 7.60. The number of H-pyrrole nitrogens is 1. The molecule has 3 N–H and O–H groups in total. The third-order valence-corrected chi connectivity index (χ3v) is 3.73. The van der Waals surface area contributed by atoms with Crippen molar-refractivity contribution >= 4 is 23.0 Å². The Morgan fingerprint density at radius 2 is 2.12 bits per heavy atom. The van der Waals surface area contributed by atoms with Crippen molar-refractivity contribution < 1.29 is 19.4 Å². The maximum absolute atomic E-state index is 12.2. The zero-order valence-corrected chi connectivity index (χ0v) is 14.4. The molecule has 0 saturated carbocycles. The second-order valence-electron chi connectivity index (χ2n) is 5.50. The van der Waals surface area contributed by atoms with Crippen LogP contribution < -0.4 is 14.9 Å². The van der Waals surface area contributed by atoms with Gasteiger partial charge in [0, 0.05) is 10.9 Å². The molecule has 3 rings (SSSR count). The molecular formula is C19H19N3O4. The number of fused-ring (bicyclic) bond motifs is 1. The Morgan fingerprint density at radius 3 is 2.85 bits per heavy atom. The van der Waals surface area contributed by atoms with E-state index in [1.165, 1.54) is 19.4 Å². The number of aromatic nitrogens is 1. The average Bonchev–Trinajstić information content (AvgIpc) is 3.05. The summed E-state index contributed by atoms with van der Waals surface area (Å²) in [4.78, 5) is 15.3. The number of amides is 1. The molecule has 0 saturated heterocycles. The summed E-state index contributed by atoms with van der Waals surface area (Å²) in [6.45, 7) is 2.50. The fourth-order valence-electron chi connectivity index (χ4n) is 2.50. The third-order valence-electron chi connectivity index (χ3n) is 3.73. The van der Waals surface area contributed by atoms with Gasteiger partial charge < -0.3 is 19.6 Å². The molecule has 0 spiro atoms. The number of nitrogens with zero attached hydrogens (tertiary/aromatic N) is 1. The summed E-state index contributed by atoms with van der Waals surface area (Å²) in [5.74, 6) is 0.760. The molecular weight excluding hydrogens is 334 g/mol. The van der Waals surface area contributed by atoms with Crippen LogP contribution in [0.5, 0.6) is 17.2 Å². The molecule has 0 atom stereocenters. The Hall–Kier alpha value is -3.48. The molecule has 134 valence electrons. The van der Waals surface area contributed by atoms with Crippen LogP contribution >= 0.6 is 0 Å². The van der Waals surface area contributed by atoms with Gasteiger partial charge in [-0.05, 0) is 55.0 Å². The molecule has 3 aromatic rings. The van der Waals surface area contributed by atoms with Crippen LogP contribution in [0.25, 0.3) is 10.9 Å². The molecule has 7 heteroatoms. The van der Waals surface area contributed by atoms with Gasteiger partial charge in [-0.25, -0.2) is 5.43 Å². The smallest absolute Gasteiger partial charge is 0.287 e. The van der Waals surface area contributed by atoms with Crippen molar-refractivity contribution in [1.29, 1.82) is 0 Å².